The Kier molecular flexibility index (Phi) is 4.15. The number of hydrogen-bond donors (Lipinski definition) is 1. The second-order valence-corrected chi connectivity index (χ2v) is 6.92. The predicted molar refractivity (Wildman–Crippen MR) is 110 cm³/mol. The number of aromatic nitrogens is 6. The average Bonchev–Trinajstić information content (AvgIpc) is 3.17. The molecule has 1 aromatic carbocycles. The number of ether oxygens (including phenoxy) is 1. The molecule has 5 aromatic rings. The normalized spacial score (nSPS) is 11.2. The predicted octanol–water partition coefficient (Wildman–Crippen LogP) is 4.42. The maximum Gasteiger partial charge on any atom is 0.158 e. The summed E-state index contributed by atoms with van der Waals surface area (Å²) in [5.41, 5.74) is 8.48. The molecule has 142 valence electrons. The molecule has 4 aromatic heterocycles. The zero-order chi connectivity index (χ0) is 20.0. The first kappa shape index (κ1) is 17.6. The number of fused-ring (bicyclic) bond motifs is 2. The van der Waals surface area contributed by atoms with E-state index < -0.39 is 0 Å². The lowest BCUT2D eigenvalue weighted by Crippen LogP contribution is -1.97. The molecule has 0 unspecified atom stereocenters. The van der Waals surface area contributed by atoms with Gasteiger partial charge in [-0.05, 0) is 30.3 Å². The molecule has 0 aliphatic rings. The van der Waals surface area contributed by atoms with Crippen molar-refractivity contribution in [3.05, 3.63) is 65.4 Å². The minimum atomic E-state index is 0.284. The van der Waals surface area contributed by atoms with Crippen LogP contribution in [0.1, 0.15) is 0 Å². The van der Waals surface area contributed by atoms with Gasteiger partial charge in [-0.25, -0.2) is 24.5 Å². The lowest BCUT2D eigenvalue weighted by atomic mass is 10.1. The molecule has 29 heavy (non-hydrogen) atoms. The van der Waals surface area contributed by atoms with Crippen LogP contribution in [-0.2, 0) is 0 Å². The van der Waals surface area contributed by atoms with E-state index in [0.29, 0.717) is 44.6 Å². The number of nitrogens with zero attached hydrogens (tertiary/aromatic N) is 6. The standard InChI is InChI=1S/C19H11Cl2N7O/c20-13-5-10(17-18-12(7-15(21)27-17)19(22)25-8-24-18)1-2-14(13)29-11-3-4-28-16(6-11)23-9-26-28/h1-9H,(H2,22,24,25). The van der Waals surface area contributed by atoms with Crippen molar-refractivity contribution < 1.29 is 4.74 Å². The van der Waals surface area contributed by atoms with Gasteiger partial charge in [0.1, 0.15) is 40.6 Å². The lowest BCUT2D eigenvalue weighted by Gasteiger charge is -2.11. The highest BCUT2D eigenvalue weighted by Crippen LogP contribution is 2.36. The number of nitrogens with two attached hydrogens (primary N) is 1. The number of anilines is 1. The van der Waals surface area contributed by atoms with Gasteiger partial charge in [0.2, 0.25) is 0 Å². The Balaban J connectivity index is 1.55. The van der Waals surface area contributed by atoms with Gasteiger partial charge in [-0.2, -0.15) is 5.10 Å². The van der Waals surface area contributed by atoms with E-state index in [2.05, 4.69) is 25.0 Å². The fourth-order valence-corrected chi connectivity index (χ4v) is 3.38. The molecule has 0 spiro atoms. The minimum absolute atomic E-state index is 0.284. The molecular weight excluding hydrogens is 413 g/mol. The van der Waals surface area contributed by atoms with E-state index in [1.54, 1.807) is 41.0 Å². The van der Waals surface area contributed by atoms with Gasteiger partial charge in [-0.1, -0.05) is 23.2 Å². The second-order valence-electron chi connectivity index (χ2n) is 6.12. The summed E-state index contributed by atoms with van der Waals surface area (Å²) in [6, 6.07) is 10.5. The summed E-state index contributed by atoms with van der Waals surface area (Å²) in [7, 11) is 0. The van der Waals surface area contributed by atoms with E-state index in [1.807, 2.05) is 6.07 Å². The maximum atomic E-state index is 6.47. The van der Waals surface area contributed by atoms with Crippen molar-refractivity contribution in [2.45, 2.75) is 0 Å². The smallest absolute Gasteiger partial charge is 0.158 e. The van der Waals surface area contributed by atoms with Crippen LogP contribution < -0.4 is 10.5 Å². The molecule has 5 rings (SSSR count). The van der Waals surface area contributed by atoms with Crippen molar-refractivity contribution in [3.8, 4) is 22.8 Å². The van der Waals surface area contributed by atoms with E-state index >= 15 is 0 Å². The van der Waals surface area contributed by atoms with Crippen molar-refractivity contribution in [3.63, 3.8) is 0 Å². The summed E-state index contributed by atoms with van der Waals surface area (Å²) in [6.45, 7) is 0. The Hall–Kier alpha value is -3.49. The second kappa shape index (κ2) is 6.84. The molecule has 0 atom stereocenters. The van der Waals surface area contributed by atoms with E-state index in [1.165, 1.54) is 12.7 Å². The average molecular weight is 424 g/mol. The van der Waals surface area contributed by atoms with Crippen LogP contribution in [0.5, 0.6) is 11.5 Å². The van der Waals surface area contributed by atoms with Crippen LogP contribution in [0.4, 0.5) is 5.82 Å². The first-order valence-corrected chi connectivity index (χ1v) is 9.18. The summed E-state index contributed by atoms with van der Waals surface area (Å²) < 4.78 is 7.54. The van der Waals surface area contributed by atoms with E-state index in [0.717, 1.165) is 5.56 Å². The van der Waals surface area contributed by atoms with Gasteiger partial charge >= 0.3 is 0 Å². The van der Waals surface area contributed by atoms with Crippen LogP contribution in [0.25, 0.3) is 27.8 Å². The topological polar surface area (TPSA) is 104 Å². The van der Waals surface area contributed by atoms with Crippen molar-refractivity contribution in [1.29, 1.82) is 0 Å². The molecule has 2 N–H and O–H groups in total. The third kappa shape index (κ3) is 3.18. The van der Waals surface area contributed by atoms with Gasteiger partial charge in [-0.15, -0.1) is 0 Å². The van der Waals surface area contributed by atoms with Crippen LogP contribution in [0.3, 0.4) is 0 Å². The number of rotatable bonds is 3. The van der Waals surface area contributed by atoms with Crippen LogP contribution in [-0.4, -0.2) is 29.5 Å². The molecule has 0 saturated carbocycles. The third-order valence-corrected chi connectivity index (χ3v) is 4.80. The fourth-order valence-electron chi connectivity index (χ4n) is 2.97. The zero-order valence-corrected chi connectivity index (χ0v) is 16.1. The lowest BCUT2D eigenvalue weighted by molar-refractivity contribution is 0.482. The Morgan fingerprint density at radius 2 is 1.86 bits per heavy atom. The van der Waals surface area contributed by atoms with Gasteiger partial charge in [0.05, 0.1) is 10.7 Å². The van der Waals surface area contributed by atoms with Gasteiger partial charge in [0.25, 0.3) is 0 Å². The molecule has 0 aliphatic carbocycles. The monoisotopic (exact) mass is 423 g/mol. The quantitative estimate of drug-likeness (QED) is 0.428. The van der Waals surface area contributed by atoms with Crippen LogP contribution in [0, 0.1) is 0 Å². The SMILES string of the molecule is Nc1ncnc2c(-c3ccc(Oc4ccn5ncnc5c4)c(Cl)c3)nc(Cl)cc12. The minimum Gasteiger partial charge on any atom is -0.456 e. The van der Waals surface area contributed by atoms with Gasteiger partial charge in [0.15, 0.2) is 5.65 Å². The Morgan fingerprint density at radius 3 is 2.72 bits per heavy atom. The molecule has 0 aliphatic heterocycles. The van der Waals surface area contributed by atoms with Gasteiger partial charge in [0, 0.05) is 23.2 Å². The molecular formula is C19H11Cl2N7O. The Morgan fingerprint density at radius 1 is 0.966 bits per heavy atom. The highest BCUT2D eigenvalue weighted by molar-refractivity contribution is 6.32. The van der Waals surface area contributed by atoms with Crippen molar-refractivity contribution >= 4 is 45.6 Å². The summed E-state index contributed by atoms with van der Waals surface area (Å²) in [6.07, 6.45) is 4.61. The number of hydrogen-bond acceptors (Lipinski definition) is 7. The highest BCUT2D eigenvalue weighted by atomic mass is 35.5. The van der Waals surface area contributed by atoms with E-state index in [4.69, 9.17) is 33.7 Å². The molecule has 0 fully saturated rings. The zero-order valence-electron chi connectivity index (χ0n) is 14.6. The number of halogens is 2. The Labute approximate surface area is 173 Å². The molecule has 8 nitrogen and oxygen atoms in total. The summed E-state index contributed by atoms with van der Waals surface area (Å²) in [5.74, 6) is 1.40. The van der Waals surface area contributed by atoms with E-state index in [-0.39, 0.29) is 5.15 Å². The van der Waals surface area contributed by atoms with Crippen molar-refractivity contribution in [1.82, 2.24) is 29.5 Å². The third-order valence-electron chi connectivity index (χ3n) is 4.31. The first-order valence-electron chi connectivity index (χ1n) is 8.42. The molecule has 0 amide bonds. The molecule has 4 heterocycles. The van der Waals surface area contributed by atoms with Gasteiger partial charge in [-0.3, -0.25) is 0 Å². The largest absolute Gasteiger partial charge is 0.456 e. The summed E-state index contributed by atoms with van der Waals surface area (Å²) >= 11 is 12.6. The number of nitrogen functional groups attached to an aromatic ring is 1. The molecule has 10 heteroatoms. The van der Waals surface area contributed by atoms with E-state index in [9.17, 15) is 0 Å². The van der Waals surface area contributed by atoms with Crippen molar-refractivity contribution in [2.75, 3.05) is 5.73 Å². The molecule has 0 radical (unpaired) electrons. The van der Waals surface area contributed by atoms with Crippen LogP contribution in [0.2, 0.25) is 10.2 Å². The van der Waals surface area contributed by atoms with Crippen LogP contribution in [0.15, 0.2) is 55.2 Å². The summed E-state index contributed by atoms with van der Waals surface area (Å²) in [4.78, 5) is 16.8. The van der Waals surface area contributed by atoms with Crippen molar-refractivity contribution in [2.24, 2.45) is 0 Å². The molecule has 0 bridgehead atoms. The molecule has 0 saturated heterocycles. The number of benzene rings is 1. The number of pyridine rings is 2. The first-order chi connectivity index (χ1) is 14.1. The maximum absolute atomic E-state index is 6.47. The van der Waals surface area contributed by atoms with Gasteiger partial charge < -0.3 is 10.5 Å². The fraction of sp³-hybridized carbons (Fsp3) is 0. The highest BCUT2D eigenvalue weighted by Gasteiger charge is 2.14. The Bertz CT molecular complexity index is 1390. The van der Waals surface area contributed by atoms with Crippen LogP contribution >= 0.6 is 23.2 Å². The summed E-state index contributed by atoms with van der Waals surface area (Å²) in [5, 5.41) is 5.37.